The molecule has 0 aliphatic carbocycles. The third-order valence-electron chi connectivity index (χ3n) is 12.4. The molecule has 0 fully saturated rings. The first kappa shape index (κ1) is 33.3. The maximum Gasteiger partial charge on any atom is 0.235 e. The van der Waals surface area contributed by atoms with Crippen LogP contribution < -0.4 is 0 Å². The van der Waals surface area contributed by atoms with Crippen LogP contribution in [0.1, 0.15) is 0 Å². The molecule has 13 rings (SSSR count). The van der Waals surface area contributed by atoms with Crippen LogP contribution in [0.2, 0.25) is 0 Å². The van der Waals surface area contributed by atoms with E-state index < -0.39 is 0 Å². The van der Waals surface area contributed by atoms with E-state index in [1.54, 1.807) is 0 Å². The van der Waals surface area contributed by atoms with Gasteiger partial charge in [0.1, 0.15) is 0 Å². The maximum absolute atomic E-state index is 5.56. The number of aromatic nitrogens is 3. The van der Waals surface area contributed by atoms with Crippen molar-refractivity contribution in [2.75, 3.05) is 0 Å². The lowest BCUT2D eigenvalue weighted by Gasteiger charge is -2.14. The molecule has 0 radical (unpaired) electrons. The van der Waals surface area contributed by atoms with Gasteiger partial charge in [-0.1, -0.05) is 164 Å². The molecule has 0 bridgehead atoms. The van der Waals surface area contributed by atoms with Gasteiger partial charge in [0.25, 0.3) is 0 Å². The van der Waals surface area contributed by atoms with Crippen molar-refractivity contribution in [1.29, 1.82) is 0 Å². The largest absolute Gasteiger partial charge is 0.277 e. The Labute approximate surface area is 349 Å². The molecule has 60 heavy (non-hydrogen) atoms. The second kappa shape index (κ2) is 12.9. The van der Waals surface area contributed by atoms with Crippen molar-refractivity contribution in [2.45, 2.75) is 0 Å². The van der Waals surface area contributed by atoms with Crippen LogP contribution in [0.5, 0.6) is 0 Å². The molecule has 0 amide bonds. The van der Waals surface area contributed by atoms with Crippen LogP contribution in [0, 0.1) is 0 Å². The summed E-state index contributed by atoms with van der Waals surface area (Å²) in [5.41, 5.74) is 9.80. The van der Waals surface area contributed by atoms with E-state index >= 15 is 0 Å². The standard InChI is InChI=1S/C56H33N3S/c1-2-12-34(13-3-1)35-22-24-37(25-23-35)54-45-19-8-10-20-48(45)57-56(58-54)59-49-30-27-38(39-28-31-51-46(32-39)42-17-9-11-21-50(42)60-51)33-47(49)53-52-40-15-5-4-14-36(40)26-29-43(52)41-16-6-7-18-44(41)55(53)59/h1-33H. The molecule has 0 unspecified atom stereocenters. The van der Waals surface area contributed by atoms with Gasteiger partial charge in [0.2, 0.25) is 5.95 Å². The highest BCUT2D eigenvalue weighted by atomic mass is 32.1. The Morgan fingerprint density at radius 3 is 1.82 bits per heavy atom. The molecule has 13 aromatic rings. The van der Waals surface area contributed by atoms with E-state index in [9.17, 15) is 0 Å². The van der Waals surface area contributed by atoms with Crippen LogP contribution in [0.25, 0.3) is 125 Å². The maximum atomic E-state index is 5.56. The molecule has 3 heterocycles. The monoisotopic (exact) mass is 779 g/mol. The summed E-state index contributed by atoms with van der Waals surface area (Å²) in [4.78, 5) is 11.0. The van der Waals surface area contributed by atoms with E-state index in [-0.39, 0.29) is 0 Å². The van der Waals surface area contributed by atoms with Crippen LogP contribution in [0.4, 0.5) is 0 Å². The third kappa shape index (κ3) is 4.95. The Hall–Kier alpha value is -7.66. The van der Waals surface area contributed by atoms with Crippen LogP contribution in [0.15, 0.2) is 200 Å². The molecule has 3 aromatic heterocycles. The lowest BCUT2D eigenvalue weighted by Crippen LogP contribution is -2.04. The number of thiophene rings is 1. The first-order valence-corrected chi connectivity index (χ1v) is 21.2. The van der Waals surface area contributed by atoms with Crippen molar-refractivity contribution in [1.82, 2.24) is 14.5 Å². The first-order chi connectivity index (χ1) is 29.7. The van der Waals surface area contributed by atoms with Gasteiger partial charge >= 0.3 is 0 Å². The van der Waals surface area contributed by atoms with Gasteiger partial charge in [-0.25, -0.2) is 9.97 Å². The zero-order chi connectivity index (χ0) is 39.3. The molecule has 0 aliphatic rings. The van der Waals surface area contributed by atoms with E-state index in [1.807, 2.05) is 11.3 Å². The third-order valence-corrected chi connectivity index (χ3v) is 13.5. The molecule has 0 spiro atoms. The zero-order valence-corrected chi connectivity index (χ0v) is 33.1. The summed E-state index contributed by atoms with van der Waals surface area (Å²) in [6.07, 6.45) is 0. The SMILES string of the molecule is c1ccc(-c2ccc(-c3nc(-n4c5ccc(-c6ccc7sc8ccccc8c7c6)cc5c5c6c7ccccc7ccc6c6ccccc6c54)nc4ccccc34)cc2)cc1. The van der Waals surface area contributed by atoms with E-state index in [2.05, 4.69) is 205 Å². The molecule has 0 saturated carbocycles. The predicted octanol–water partition coefficient (Wildman–Crippen LogP) is 15.6. The predicted molar refractivity (Wildman–Crippen MR) is 256 cm³/mol. The molecule has 10 aromatic carbocycles. The molecular weight excluding hydrogens is 747 g/mol. The topological polar surface area (TPSA) is 30.7 Å². The lowest BCUT2D eigenvalue weighted by molar-refractivity contribution is 1.02. The van der Waals surface area contributed by atoms with Crippen molar-refractivity contribution in [3.05, 3.63) is 200 Å². The van der Waals surface area contributed by atoms with Crippen LogP contribution >= 0.6 is 11.3 Å². The fraction of sp³-hybridized carbons (Fsp3) is 0. The minimum atomic E-state index is 0.652. The number of hydrogen-bond acceptors (Lipinski definition) is 3. The summed E-state index contributed by atoms with van der Waals surface area (Å²) >= 11 is 1.86. The summed E-state index contributed by atoms with van der Waals surface area (Å²) in [6, 6.07) is 72.6. The number of fused-ring (bicyclic) bond motifs is 14. The van der Waals surface area contributed by atoms with E-state index in [0.717, 1.165) is 33.2 Å². The highest BCUT2D eigenvalue weighted by Crippen LogP contribution is 2.46. The molecule has 4 heteroatoms. The number of nitrogens with zero attached hydrogens (tertiary/aromatic N) is 3. The summed E-state index contributed by atoms with van der Waals surface area (Å²) in [7, 11) is 0. The van der Waals surface area contributed by atoms with Gasteiger partial charge in [0.05, 0.1) is 22.2 Å². The molecule has 0 aliphatic heterocycles. The van der Waals surface area contributed by atoms with Gasteiger partial charge in [-0.05, 0) is 80.2 Å². The average Bonchev–Trinajstić information content (AvgIpc) is 3.87. The molecule has 3 nitrogen and oxygen atoms in total. The van der Waals surface area contributed by atoms with Crippen LogP contribution in [0.3, 0.4) is 0 Å². The van der Waals surface area contributed by atoms with Crippen molar-refractivity contribution in [3.8, 4) is 39.5 Å². The Morgan fingerprint density at radius 1 is 0.350 bits per heavy atom. The Morgan fingerprint density at radius 2 is 0.967 bits per heavy atom. The molecule has 0 N–H and O–H groups in total. The van der Waals surface area contributed by atoms with Crippen LogP contribution in [-0.4, -0.2) is 14.5 Å². The van der Waals surface area contributed by atoms with Crippen molar-refractivity contribution < 1.29 is 0 Å². The Bertz CT molecular complexity index is 3880. The molecule has 0 atom stereocenters. The summed E-state index contributed by atoms with van der Waals surface area (Å²) in [5.74, 6) is 0.652. The first-order valence-electron chi connectivity index (χ1n) is 20.4. The average molecular weight is 780 g/mol. The number of para-hydroxylation sites is 1. The second-order valence-corrected chi connectivity index (χ2v) is 16.8. The van der Waals surface area contributed by atoms with Gasteiger partial charge in [-0.3, -0.25) is 4.57 Å². The van der Waals surface area contributed by atoms with Gasteiger partial charge in [-0.2, -0.15) is 0 Å². The van der Waals surface area contributed by atoms with E-state index in [4.69, 9.17) is 9.97 Å². The van der Waals surface area contributed by atoms with Crippen LogP contribution in [-0.2, 0) is 0 Å². The van der Waals surface area contributed by atoms with Crippen molar-refractivity contribution in [2.24, 2.45) is 0 Å². The molecule has 0 saturated heterocycles. The summed E-state index contributed by atoms with van der Waals surface area (Å²) < 4.78 is 4.96. The molecular formula is C56H33N3S. The summed E-state index contributed by atoms with van der Waals surface area (Å²) in [5, 5.41) is 13.3. The normalized spacial score (nSPS) is 12.0. The smallest absolute Gasteiger partial charge is 0.235 e. The van der Waals surface area contributed by atoms with E-state index in [0.29, 0.717) is 5.95 Å². The highest BCUT2D eigenvalue weighted by molar-refractivity contribution is 7.25. The fourth-order valence-corrected chi connectivity index (χ4v) is 10.7. The quantitative estimate of drug-likeness (QED) is 0.167. The van der Waals surface area contributed by atoms with Crippen molar-refractivity contribution >= 4 is 96.5 Å². The van der Waals surface area contributed by atoms with E-state index in [1.165, 1.54) is 85.5 Å². The van der Waals surface area contributed by atoms with Gasteiger partial charge in [-0.15, -0.1) is 11.3 Å². The fourth-order valence-electron chi connectivity index (χ4n) is 9.62. The number of hydrogen-bond donors (Lipinski definition) is 0. The Kier molecular flexibility index (Phi) is 7.18. The summed E-state index contributed by atoms with van der Waals surface area (Å²) in [6.45, 7) is 0. The highest BCUT2D eigenvalue weighted by Gasteiger charge is 2.23. The minimum Gasteiger partial charge on any atom is -0.277 e. The van der Waals surface area contributed by atoms with Gasteiger partial charge in [0.15, 0.2) is 0 Å². The minimum absolute atomic E-state index is 0.652. The number of rotatable bonds is 4. The van der Waals surface area contributed by atoms with Gasteiger partial charge in [0, 0.05) is 52.7 Å². The lowest BCUT2D eigenvalue weighted by atomic mass is 9.92. The second-order valence-electron chi connectivity index (χ2n) is 15.7. The Balaban J connectivity index is 1.14. The number of benzene rings is 10. The van der Waals surface area contributed by atoms with Gasteiger partial charge < -0.3 is 0 Å². The molecule has 278 valence electrons. The zero-order valence-electron chi connectivity index (χ0n) is 32.3. The van der Waals surface area contributed by atoms with Crippen molar-refractivity contribution in [3.63, 3.8) is 0 Å².